The molecule has 0 radical (unpaired) electrons. The summed E-state index contributed by atoms with van der Waals surface area (Å²) in [6.45, 7) is 2.88. The summed E-state index contributed by atoms with van der Waals surface area (Å²) < 4.78 is 0. The molecule has 0 unspecified atom stereocenters. The maximum absolute atomic E-state index is 11.9. The van der Waals surface area contributed by atoms with Crippen LogP contribution in [0.15, 0.2) is 18.2 Å². The van der Waals surface area contributed by atoms with Crippen LogP contribution in [-0.4, -0.2) is 12.5 Å². The number of nitrogens with two attached hydrogens (primary N) is 1. The van der Waals surface area contributed by atoms with Crippen LogP contribution in [0.4, 0.5) is 11.4 Å². The third kappa shape index (κ3) is 2.03. The van der Waals surface area contributed by atoms with Crippen LogP contribution in [0.1, 0.15) is 31.7 Å². The number of nitrogens with zero attached hydrogens (tertiary/aromatic N) is 1. The normalized spacial score (nSPS) is 14.7. The summed E-state index contributed by atoms with van der Waals surface area (Å²) >= 11 is 0. The second kappa shape index (κ2) is 4.56. The summed E-state index contributed by atoms with van der Waals surface area (Å²) in [7, 11) is 0. The molecule has 2 N–H and O–H groups in total. The van der Waals surface area contributed by atoms with Gasteiger partial charge in [0.2, 0.25) is 5.91 Å². The maximum Gasteiger partial charge on any atom is 0.226 e. The molecular formula is C13H18N2O. The molecule has 16 heavy (non-hydrogen) atoms. The van der Waals surface area contributed by atoms with Gasteiger partial charge in [-0.05, 0) is 43.0 Å². The highest BCUT2D eigenvalue weighted by molar-refractivity contribution is 5.94. The van der Waals surface area contributed by atoms with E-state index in [9.17, 15) is 4.79 Å². The molecule has 0 saturated carbocycles. The number of carbonyl (C=O) groups excluding carboxylic acids is 1. The van der Waals surface area contributed by atoms with Gasteiger partial charge in [-0.1, -0.05) is 6.92 Å². The monoisotopic (exact) mass is 218 g/mol. The van der Waals surface area contributed by atoms with Gasteiger partial charge < -0.3 is 10.6 Å². The number of nitrogen functional groups attached to an aromatic ring is 1. The van der Waals surface area contributed by atoms with Gasteiger partial charge in [0.05, 0.1) is 0 Å². The van der Waals surface area contributed by atoms with Gasteiger partial charge in [0, 0.05) is 24.3 Å². The summed E-state index contributed by atoms with van der Waals surface area (Å²) in [4.78, 5) is 13.8. The molecule has 1 aliphatic heterocycles. The van der Waals surface area contributed by atoms with E-state index >= 15 is 0 Å². The molecule has 0 aliphatic carbocycles. The summed E-state index contributed by atoms with van der Waals surface area (Å²) in [5, 5.41) is 0. The molecule has 1 aliphatic rings. The van der Waals surface area contributed by atoms with Crippen LogP contribution in [0.2, 0.25) is 0 Å². The van der Waals surface area contributed by atoms with Crippen molar-refractivity contribution in [1.82, 2.24) is 0 Å². The molecular weight excluding hydrogens is 200 g/mol. The van der Waals surface area contributed by atoms with Crippen molar-refractivity contribution < 1.29 is 4.79 Å². The van der Waals surface area contributed by atoms with E-state index in [2.05, 4.69) is 0 Å². The predicted molar refractivity (Wildman–Crippen MR) is 66.4 cm³/mol. The Morgan fingerprint density at radius 2 is 2.31 bits per heavy atom. The van der Waals surface area contributed by atoms with Crippen LogP contribution >= 0.6 is 0 Å². The molecule has 0 spiro atoms. The van der Waals surface area contributed by atoms with Crippen molar-refractivity contribution in [2.75, 3.05) is 17.2 Å². The summed E-state index contributed by atoms with van der Waals surface area (Å²) in [5.41, 5.74) is 8.80. The van der Waals surface area contributed by atoms with Crippen molar-refractivity contribution in [2.24, 2.45) is 0 Å². The second-order valence-corrected chi connectivity index (χ2v) is 4.29. The van der Waals surface area contributed by atoms with E-state index in [0.717, 1.165) is 37.2 Å². The Bertz CT molecular complexity index is 401. The Balaban J connectivity index is 2.29. The summed E-state index contributed by atoms with van der Waals surface area (Å²) in [6.07, 6.45) is 3.59. The van der Waals surface area contributed by atoms with Crippen LogP contribution in [-0.2, 0) is 11.2 Å². The first kappa shape index (κ1) is 11.0. The maximum atomic E-state index is 11.9. The number of carbonyl (C=O) groups is 1. The number of aryl methyl sites for hydroxylation is 1. The average molecular weight is 218 g/mol. The van der Waals surface area contributed by atoms with Gasteiger partial charge >= 0.3 is 0 Å². The zero-order chi connectivity index (χ0) is 11.5. The molecule has 0 aromatic heterocycles. The lowest BCUT2D eigenvalue weighted by molar-refractivity contribution is -0.118. The largest absolute Gasteiger partial charge is 0.399 e. The van der Waals surface area contributed by atoms with E-state index in [1.165, 1.54) is 5.56 Å². The number of rotatable bonds is 2. The Kier molecular flexibility index (Phi) is 3.13. The number of anilines is 2. The Morgan fingerprint density at radius 3 is 3.06 bits per heavy atom. The van der Waals surface area contributed by atoms with Crippen molar-refractivity contribution in [3.05, 3.63) is 23.8 Å². The van der Waals surface area contributed by atoms with Crippen LogP contribution in [0.5, 0.6) is 0 Å². The van der Waals surface area contributed by atoms with Gasteiger partial charge in [0.15, 0.2) is 0 Å². The van der Waals surface area contributed by atoms with Crippen LogP contribution in [0, 0.1) is 0 Å². The van der Waals surface area contributed by atoms with Gasteiger partial charge in [-0.15, -0.1) is 0 Å². The predicted octanol–water partition coefficient (Wildman–Crippen LogP) is 2.35. The Labute approximate surface area is 96.2 Å². The molecule has 0 fully saturated rings. The standard InChI is InChI=1S/C13H18N2O/c1-2-4-13(16)15-8-3-5-10-9-11(14)6-7-12(10)15/h6-7,9H,2-5,8,14H2,1H3. The van der Waals surface area contributed by atoms with Crippen molar-refractivity contribution in [2.45, 2.75) is 32.6 Å². The van der Waals surface area contributed by atoms with Crippen LogP contribution in [0.3, 0.4) is 0 Å². The van der Waals surface area contributed by atoms with Gasteiger partial charge in [0.1, 0.15) is 0 Å². The van der Waals surface area contributed by atoms with Gasteiger partial charge in [0.25, 0.3) is 0 Å². The molecule has 1 amide bonds. The number of amides is 1. The highest BCUT2D eigenvalue weighted by atomic mass is 16.2. The lowest BCUT2D eigenvalue weighted by Crippen LogP contribution is -2.35. The van der Waals surface area contributed by atoms with E-state index in [4.69, 9.17) is 5.73 Å². The van der Waals surface area contributed by atoms with E-state index in [1.807, 2.05) is 30.0 Å². The molecule has 1 heterocycles. The van der Waals surface area contributed by atoms with E-state index in [1.54, 1.807) is 0 Å². The first-order chi connectivity index (χ1) is 7.72. The SMILES string of the molecule is CCCC(=O)N1CCCc2cc(N)ccc21. The summed E-state index contributed by atoms with van der Waals surface area (Å²) in [6, 6.07) is 5.83. The fourth-order valence-electron chi connectivity index (χ4n) is 2.22. The van der Waals surface area contributed by atoms with Crippen molar-refractivity contribution >= 4 is 17.3 Å². The van der Waals surface area contributed by atoms with E-state index < -0.39 is 0 Å². The highest BCUT2D eigenvalue weighted by Gasteiger charge is 2.21. The number of benzene rings is 1. The molecule has 86 valence electrons. The third-order valence-corrected chi connectivity index (χ3v) is 2.99. The Hall–Kier alpha value is -1.51. The fourth-order valence-corrected chi connectivity index (χ4v) is 2.22. The van der Waals surface area contributed by atoms with Crippen molar-refractivity contribution in [3.63, 3.8) is 0 Å². The first-order valence-electron chi connectivity index (χ1n) is 5.91. The van der Waals surface area contributed by atoms with E-state index in [0.29, 0.717) is 6.42 Å². The minimum Gasteiger partial charge on any atom is -0.399 e. The van der Waals surface area contributed by atoms with Crippen molar-refractivity contribution in [3.8, 4) is 0 Å². The van der Waals surface area contributed by atoms with Crippen LogP contribution < -0.4 is 10.6 Å². The van der Waals surface area contributed by atoms with Gasteiger partial charge in [-0.3, -0.25) is 4.79 Å². The highest BCUT2D eigenvalue weighted by Crippen LogP contribution is 2.29. The second-order valence-electron chi connectivity index (χ2n) is 4.29. The zero-order valence-corrected chi connectivity index (χ0v) is 9.70. The number of hydrogen-bond donors (Lipinski definition) is 1. The fraction of sp³-hybridized carbons (Fsp3) is 0.462. The molecule has 1 aromatic rings. The molecule has 3 nitrogen and oxygen atoms in total. The zero-order valence-electron chi connectivity index (χ0n) is 9.70. The number of hydrogen-bond acceptors (Lipinski definition) is 2. The smallest absolute Gasteiger partial charge is 0.226 e. The first-order valence-corrected chi connectivity index (χ1v) is 5.91. The molecule has 1 aromatic carbocycles. The Morgan fingerprint density at radius 1 is 1.50 bits per heavy atom. The quantitative estimate of drug-likeness (QED) is 0.774. The molecule has 0 saturated heterocycles. The molecule has 0 bridgehead atoms. The van der Waals surface area contributed by atoms with Gasteiger partial charge in [-0.25, -0.2) is 0 Å². The third-order valence-electron chi connectivity index (χ3n) is 2.99. The minimum absolute atomic E-state index is 0.230. The van der Waals surface area contributed by atoms with Crippen molar-refractivity contribution in [1.29, 1.82) is 0 Å². The average Bonchev–Trinajstić information content (AvgIpc) is 2.28. The lowest BCUT2D eigenvalue weighted by atomic mass is 10.0. The minimum atomic E-state index is 0.230. The molecule has 0 atom stereocenters. The summed E-state index contributed by atoms with van der Waals surface area (Å²) in [5.74, 6) is 0.230. The lowest BCUT2D eigenvalue weighted by Gasteiger charge is -2.29. The van der Waals surface area contributed by atoms with Crippen LogP contribution in [0.25, 0.3) is 0 Å². The van der Waals surface area contributed by atoms with Gasteiger partial charge in [-0.2, -0.15) is 0 Å². The van der Waals surface area contributed by atoms with E-state index in [-0.39, 0.29) is 5.91 Å². The number of fused-ring (bicyclic) bond motifs is 1. The topological polar surface area (TPSA) is 46.3 Å². The molecule has 2 rings (SSSR count). The molecule has 3 heteroatoms.